The number of hydrogen-bond donors (Lipinski definition) is 0. The van der Waals surface area contributed by atoms with Crippen LogP contribution < -0.4 is 0 Å². The van der Waals surface area contributed by atoms with Crippen LogP contribution in [-0.2, 0) is 6.18 Å². The number of rotatable bonds is 1. The number of alkyl halides is 3. The first-order chi connectivity index (χ1) is 10.8. The van der Waals surface area contributed by atoms with Gasteiger partial charge in [0.1, 0.15) is 9.22 Å². The number of halogens is 5. The van der Waals surface area contributed by atoms with Crippen LogP contribution in [0.15, 0.2) is 36.5 Å². The van der Waals surface area contributed by atoms with E-state index in [1.54, 1.807) is 12.1 Å². The van der Waals surface area contributed by atoms with Gasteiger partial charge in [-0.05, 0) is 46.9 Å². The Bertz CT molecular complexity index is 923. The van der Waals surface area contributed by atoms with Gasteiger partial charge in [-0.1, -0.05) is 17.7 Å². The average molecular weight is 452 g/mol. The molecule has 0 atom stereocenters. The number of aromatic nitrogens is 3. The molecule has 0 aliphatic rings. The molecule has 0 fully saturated rings. The minimum Gasteiger partial charge on any atom is -0.267 e. The van der Waals surface area contributed by atoms with Crippen LogP contribution >= 0.6 is 34.2 Å². The third-order valence-corrected chi connectivity index (χ3v) is 4.16. The summed E-state index contributed by atoms with van der Waals surface area (Å²) in [6, 6.07) is 6.32. The van der Waals surface area contributed by atoms with Gasteiger partial charge in [-0.3, -0.25) is 9.78 Å². The maximum atomic E-state index is 13.2. The molecule has 23 heavy (non-hydrogen) atoms. The molecule has 0 aliphatic heterocycles. The van der Waals surface area contributed by atoms with E-state index in [1.807, 2.05) is 22.6 Å². The average Bonchev–Trinajstić information content (AvgIpc) is 2.83. The molecule has 2 aromatic heterocycles. The van der Waals surface area contributed by atoms with Gasteiger partial charge in [-0.25, -0.2) is 0 Å². The number of pyridine rings is 1. The highest BCUT2D eigenvalue weighted by molar-refractivity contribution is 14.1. The van der Waals surface area contributed by atoms with Crippen molar-refractivity contribution in [3.63, 3.8) is 0 Å². The van der Waals surface area contributed by atoms with E-state index in [0.29, 0.717) is 14.7 Å². The minimum absolute atomic E-state index is 0.285. The van der Waals surface area contributed by atoms with Crippen LogP contribution in [0, 0.1) is 3.70 Å². The molecule has 1 aromatic carbocycles. The van der Waals surface area contributed by atoms with Crippen molar-refractivity contribution in [3.05, 3.63) is 56.4 Å². The summed E-state index contributed by atoms with van der Waals surface area (Å²) in [6.45, 7) is 0. The number of carbonyl (C=O) groups excluding carboxylic acids is 1. The molecular weight excluding hydrogens is 446 g/mol. The lowest BCUT2D eigenvalue weighted by atomic mass is 10.1. The summed E-state index contributed by atoms with van der Waals surface area (Å²) in [5.74, 6) is -0.955. The fourth-order valence-electron chi connectivity index (χ4n) is 2.15. The second-order valence-electron chi connectivity index (χ2n) is 4.54. The predicted molar refractivity (Wildman–Crippen MR) is 86.4 cm³/mol. The van der Waals surface area contributed by atoms with Gasteiger partial charge in [0.05, 0.1) is 21.7 Å². The van der Waals surface area contributed by atoms with Gasteiger partial charge in [-0.15, -0.1) is 0 Å². The summed E-state index contributed by atoms with van der Waals surface area (Å²) >= 11 is 7.72. The number of fused-ring (bicyclic) bond motifs is 1. The SMILES string of the molecule is O=C(c1c(Cl)cccc1C(F)(F)F)n1nc(I)c2ncccc21. The summed E-state index contributed by atoms with van der Waals surface area (Å²) in [7, 11) is 0. The topological polar surface area (TPSA) is 47.8 Å². The van der Waals surface area contributed by atoms with Crippen LogP contribution in [-0.4, -0.2) is 20.7 Å². The van der Waals surface area contributed by atoms with Crippen molar-refractivity contribution in [2.45, 2.75) is 6.18 Å². The van der Waals surface area contributed by atoms with E-state index in [0.717, 1.165) is 16.8 Å². The van der Waals surface area contributed by atoms with Gasteiger partial charge in [0.15, 0.2) is 0 Å². The monoisotopic (exact) mass is 451 g/mol. The molecule has 0 aliphatic carbocycles. The molecule has 2 heterocycles. The van der Waals surface area contributed by atoms with Crippen LogP contribution in [0.1, 0.15) is 15.9 Å². The predicted octanol–water partition coefficient (Wildman–Crippen LogP) is 4.40. The first kappa shape index (κ1) is 16.2. The molecular formula is C14H6ClF3IN3O. The van der Waals surface area contributed by atoms with E-state index in [1.165, 1.54) is 12.3 Å². The number of nitrogens with zero attached hydrogens (tertiary/aromatic N) is 3. The van der Waals surface area contributed by atoms with Gasteiger partial charge >= 0.3 is 6.18 Å². The normalized spacial score (nSPS) is 11.9. The second-order valence-corrected chi connectivity index (χ2v) is 5.97. The van der Waals surface area contributed by atoms with Crippen LogP contribution in [0.25, 0.3) is 11.0 Å². The van der Waals surface area contributed by atoms with Crippen LogP contribution in [0.3, 0.4) is 0 Å². The molecule has 0 saturated carbocycles. The third-order valence-electron chi connectivity index (χ3n) is 3.12. The Kier molecular flexibility index (Phi) is 4.05. The Morgan fingerprint density at radius 2 is 1.96 bits per heavy atom. The highest BCUT2D eigenvalue weighted by Gasteiger charge is 2.37. The molecule has 0 spiro atoms. The largest absolute Gasteiger partial charge is 0.417 e. The standard InChI is InChI=1S/C14H6ClF3IN3O/c15-8-4-1-3-7(14(16,17)18)10(8)13(23)22-9-5-2-6-20-11(9)12(19)21-22/h1-6H. The first-order valence-electron chi connectivity index (χ1n) is 6.20. The fourth-order valence-corrected chi connectivity index (χ4v) is 3.04. The van der Waals surface area contributed by atoms with Crippen molar-refractivity contribution in [2.75, 3.05) is 0 Å². The molecule has 0 saturated heterocycles. The van der Waals surface area contributed by atoms with E-state index in [9.17, 15) is 18.0 Å². The van der Waals surface area contributed by atoms with Gasteiger partial charge < -0.3 is 0 Å². The van der Waals surface area contributed by atoms with Crippen molar-refractivity contribution in [1.29, 1.82) is 0 Å². The van der Waals surface area contributed by atoms with Gasteiger partial charge in [0.2, 0.25) is 0 Å². The van der Waals surface area contributed by atoms with E-state index in [-0.39, 0.29) is 5.02 Å². The smallest absolute Gasteiger partial charge is 0.267 e. The Labute approximate surface area is 146 Å². The highest BCUT2D eigenvalue weighted by Crippen LogP contribution is 2.35. The molecule has 3 rings (SSSR count). The fraction of sp³-hybridized carbons (Fsp3) is 0.0714. The molecule has 0 bridgehead atoms. The maximum Gasteiger partial charge on any atom is 0.417 e. The summed E-state index contributed by atoms with van der Waals surface area (Å²) in [5, 5.41) is 3.71. The maximum absolute atomic E-state index is 13.2. The Hall–Kier alpha value is -1.68. The van der Waals surface area contributed by atoms with Crippen molar-refractivity contribution >= 4 is 51.1 Å². The summed E-state index contributed by atoms with van der Waals surface area (Å²) < 4.78 is 40.8. The van der Waals surface area contributed by atoms with Crippen LogP contribution in [0.5, 0.6) is 0 Å². The summed E-state index contributed by atoms with van der Waals surface area (Å²) in [4.78, 5) is 16.7. The van der Waals surface area contributed by atoms with Crippen LogP contribution in [0.2, 0.25) is 5.02 Å². The van der Waals surface area contributed by atoms with Gasteiger partial charge in [-0.2, -0.15) is 23.0 Å². The lowest BCUT2D eigenvalue weighted by Gasteiger charge is -2.13. The Morgan fingerprint density at radius 3 is 2.65 bits per heavy atom. The molecule has 4 nitrogen and oxygen atoms in total. The van der Waals surface area contributed by atoms with E-state index >= 15 is 0 Å². The Balaban J connectivity index is 2.25. The van der Waals surface area contributed by atoms with E-state index in [4.69, 9.17) is 11.6 Å². The van der Waals surface area contributed by atoms with Crippen LogP contribution in [0.4, 0.5) is 13.2 Å². The highest BCUT2D eigenvalue weighted by atomic mass is 127. The van der Waals surface area contributed by atoms with E-state index < -0.39 is 23.2 Å². The lowest BCUT2D eigenvalue weighted by molar-refractivity contribution is -0.137. The molecule has 0 N–H and O–H groups in total. The molecule has 0 unspecified atom stereocenters. The number of hydrogen-bond acceptors (Lipinski definition) is 3. The van der Waals surface area contributed by atoms with Crippen molar-refractivity contribution in [3.8, 4) is 0 Å². The van der Waals surface area contributed by atoms with E-state index in [2.05, 4.69) is 10.1 Å². The molecule has 118 valence electrons. The third kappa shape index (κ3) is 2.80. The summed E-state index contributed by atoms with van der Waals surface area (Å²) in [6.07, 6.45) is -3.19. The molecule has 3 aromatic rings. The van der Waals surface area contributed by atoms with Gasteiger partial charge in [0, 0.05) is 6.20 Å². The minimum atomic E-state index is -4.70. The quantitative estimate of drug-likeness (QED) is 0.516. The van der Waals surface area contributed by atoms with Crippen molar-refractivity contribution in [1.82, 2.24) is 14.8 Å². The van der Waals surface area contributed by atoms with Crippen molar-refractivity contribution in [2.24, 2.45) is 0 Å². The second kappa shape index (κ2) is 5.75. The Morgan fingerprint density at radius 1 is 1.22 bits per heavy atom. The zero-order valence-electron chi connectivity index (χ0n) is 11.1. The number of benzene rings is 1. The molecule has 0 radical (unpaired) electrons. The first-order valence-corrected chi connectivity index (χ1v) is 7.66. The van der Waals surface area contributed by atoms with Gasteiger partial charge in [0.25, 0.3) is 5.91 Å². The molecule has 0 amide bonds. The molecule has 9 heteroatoms. The lowest BCUT2D eigenvalue weighted by Crippen LogP contribution is -2.20. The van der Waals surface area contributed by atoms with Crippen molar-refractivity contribution < 1.29 is 18.0 Å². The summed E-state index contributed by atoms with van der Waals surface area (Å²) in [5.41, 5.74) is -0.985. The zero-order valence-corrected chi connectivity index (χ0v) is 14.0. The number of carbonyl (C=O) groups is 1. The zero-order chi connectivity index (χ0) is 16.8.